The summed E-state index contributed by atoms with van der Waals surface area (Å²) in [6, 6.07) is 6.78. The number of rotatable bonds is 5. The summed E-state index contributed by atoms with van der Waals surface area (Å²) in [7, 11) is -3.11. The Labute approximate surface area is 143 Å². The second kappa shape index (κ2) is 7.07. The summed E-state index contributed by atoms with van der Waals surface area (Å²) >= 11 is 0. The van der Waals surface area contributed by atoms with Gasteiger partial charge in [0, 0.05) is 44.7 Å². The standard InChI is InChI=1S/C17H25FN2O3S/c1-2-24(21,22)20-9-7-19(8-10-20)13-17(6-11-23-14-17)15-4-3-5-16(18)12-15/h3-5,12H,2,6-11,13-14H2,1H3/t17-/m1/s1. The largest absolute Gasteiger partial charge is 0.380 e. The fourth-order valence-electron chi connectivity index (χ4n) is 3.65. The molecule has 0 spiro atoms. The molecule has 0 aromatic heterocycles. The van der Waals surface area contributed by atoms with Crippen LogP contribution in [0.25, 0.3) is 0 Å². The highest BCUT2D eigenvalue weighted by Gasteiger charge is 2.39. The predicted molar refractivity (Wildman–Crippen MR) is 91.0 cm³/mol. The zero-order chi connectivity index (χ0) is 17.2. The molecule has 3 rings (SSSR count). The Kier molecular flexibility index (Phi) is 5.24. The minimum absolute atomic E-state index is 0.147. The van der Waals surface area contributed by atoms with E-state index in [9.17, 15) is 12.8 Å². The fourth-order valence-corrected chi connectivity index (χ4v) is 4.73. The second-order valence-electron chi connectivity index (χ2n) is 6.67. The molecule has 1 aromatic rings. The lowest BCUT2D eigenvalue weighted by atomic mass is 9.79. The molecule has 2 heterocycles. The maximum Gasteiger partial charge on any atom is 0.213 e. The van der Waals surface area contributed by atoms with E-state index in [4.69, 9.17) is 4.74 Å². The Hall–Kier alpha value is -1.02. The summed E-state index contributed by atoms with van der Waals surface area (Å²) in [6.07, 6.45) is 0.865. The van der Waals surface area contributed by atoms with Gasteiger partial charge in [0.2, 0.25) is 10.0 Å². The Balaban J connectivity index is 1.70. The highest BCUT2D eigenvalue weighted by Crippen LogP contribution is 2.34. The summed E-state index contributed by atoms with van der Waals surface area (Å²) in [4.78, 5) is 2.28. The van der Waals surface area contributed by atoms with Crippen LogP contribution in [0.1, 0.15) is 18.9 Å². The van der Waals surface area contributed by atoms with E-state index >= 15 is 0 Å². The van der Waals surface area contributed by atoms with Crippen LogP contribution in [0.2, 0.25) is 0 Å². The van der Waals surface area contributed by atoms with E-state index in [2.05, 4.69) is 4.90 Å². The van der Waals surface area contributed by atoms with Crippen LogP contribution in [0.15, 0.2) is 24.3 Å². The Morgan fingerprint density at radius 3 is 2.58 bits per heavy atom. The first-order valence-corrected chi connectivity index (χ1v) is 10.1. The summed E-state index contributed by atoms with van der Waals surface area (Å²) in [5.74, 6) is -0.0775. The van der Waals surface area contributed by atoms with Crippen molar-refractivity contribution in [1.82, 2.24) is 9.21 Å². The molecule has 1 atom stereocenters. The fraction of sp³-hybridized carbons (Fsp3) is 0.647. The van der Waals surface area contributed by atoms with E-state index in [0.717, 1.165) is 18.5 Å². The van der Waals surface area contributed by atoms with Gasteiger partial charge in [0.05, 0.1) is 12.4 Å². The molecule has 2 aliphatic heterocycles. The lowest BCUT2D eigenvalue weighted by Crippen LogP contribution is -2.52. The monoisotopic (exact) mass is 356 g/mol. The molecule has 0 saturated carbocycles. The van der Waals surface area contributed by atoms with Crippen LogP contribution < -0.4 is 0 Å². The highest BCUT2D eigenvalue weighted by molar-refractivity contribution is 7.89. The van der Waals surface area contributed by atoms with Crippen LogP contribution in [0.5, 0.6) is 0 Å². The minimum Gasteiger partial charge on any atom is -0.380 e. The molecular formula is C17H25FN2O3S. The Bertz CT molecular complexity index is 666. The van der Waals surface area contributed by atoms with Crippen molar-refractivity contribution >= 4 is 10.0 Å². The van der Waals surface area contributed by atoms with Gasteiger partial charge in [0.15, 0.2) is 0 Å². The lowest BCUT2D eigenvalue weighted by Gasteiger charge is -2.39. The van der Waals surface area contributed by atoms with Crippen molar-refractivity contribution in [2.75, 3.05) is 51.7 Å². The summed E-state index contributed by atoms with van der Waals surface area (Å²) in [5, 5.41) is 0. The minimum atomic E-state index is -3.11. The van der Waals surface area contributed by atoms with Crippen LogP contribution in [0.4, 0.5) is 4.39 Å². The summed E-state index contributed by atoms with van der Waals surface area (Å²) in [5.41, 5.74) is 0.775. The molecule has 134 valence electrons. The van der Waals surface area contributed by atoms with E-state index in [1.54, 1.807) is 23.4 Å². The third-order valence-corrected chi connectivity index (χ3v) is 7.04. The molecule has 0 aliphatic carbocycles. The number of hydrogen-bond acceptors (Lipinski definition) is 4. The van der Waals surface area contributed by atoms with Crippen LogP contribution in [-0.2, 0) is 20.2 Å². The van der Waals surface area contributed by atoms with Gasteiger partial charge >= 0.3 is 0 Å². The average molecular weight is 356 g/mol. The molecule has 2 aliphatic rings. The molecule has 24 heavy (non-hydrogen) atoms. The first-order chi connectivity index (χ1) is 11.5. The van der Waals surface area contributed by atoms with Crippen molar-refractivity contribution in [3.05, 3.63) is 35.6 Å². The van der Waals surface area contributed by atoms with Gasteiger partial charge < -0.3 is 4.74 Å². The quantitative estimate of drug-likeness (QED) is 0.801. The second-order valence-corrected chi connectivity index (χ2v) is 8.93. The highest BCUT2D eigenvalue weighted by atomic mass is 32.2. The normalized spacial score (nSPS) is 26.8. The molecular weight excluding hydrogens is 331 g/mol. The van der Waals surface area contributed by atoms with Gasteiger partial charge in [-0.1, -0.05) is 12.1 Å². The maximum absolute atomic E-state index is 13.7. The van der Waals surface area contributed by atoms with E-state index in [1.165, 1.54) is 6.07 Å². The van der Waals surface area contributed by atoms with Gasteiger partial charge in [-0.25, -0.2) is 12.8 Å². The number of sulfonamides is 1. The van der Waals surface area contributed by atoms with Gasteiger partial charge in [0.1, 0.15) is 5.82 Å². The molecule has 5 nitrogen and oxygen atoms in total. The van der Waals surface area contributed by atoms with E-state index in [1.807, 2.05) is 6.07 Å². The molecule has 1 aromatic carbocycles. The summed E-state index contributed by atoms with van der Waals surface area (Å²) in [6.45, 7) is 6.18. The van der Waals surface area contributed by atoms with E-state index < -0.39 is 10.0 Å². The third-order valence-electron chi connectivity index (χ3n) is 5.16. The van der Waals surface area contributed by atoms with Crippen LogP contribution in [0.3, 0.4) is 0 Å². The molecule has 0 radical (unpaired) electrons. The van der Waals surface area contributed by atoms with Gasteiger partial charge in [-0.3, -0.25) is 4.90 Å². The molecule has 0 bridgehead atoms. The topological polar surface area (TPSA) is 49.9 Å². The zero-order valence-corrected chi connectivity index (χ0v) is 14.9. The predicted octanol–water partition coefficient (Wildman–Crippen LogP) is 1.45. The maximum atomic E-state index is 13.7. The van der Waals surface area contributed by atoms with Crippen molar-refractivity contribution in [1.29, 1.82) is 0 Å². The van der Waals surface area contributed by atoms with Crippen molar-refractivity contribution in [2.45, 2.75) is 18.8 Å². The molecule has 2 saturated heterocycles. The molecule has 0 unspecified atom stereocenters. The smallest absolute Gasteiger partial charge is 0.213 e. The molecule has 7 heteroatoms. The number of nitrogens with zero attached hydrogens (tertiary/aromatic N) is 2. The first-order valence-electron chi connectivity index (χ1n) is 8.49. The number of hydrogen-bond donors (Lipinski definition) is 0. The SMILES string of the molecule is CCS(=O)(=O)N1CCN(C[C@]2(c3cccc(F)c3)CCOC2)CC1. The van der Waals surface area contributed by atoms with Crippen LogP contribution >= 0.6 is 0 Å². The van der Waals surface area contributed by atoms with Crippen LogP contribution in [0, 0.1) is 5.82 Å². The van der Waals surface area contributed by atoms with Crippen LogP contribution in [-0.4, -0.2) is 69.3 Å². The van der Waals surface area contributed by atoms with E-state index in [-0.39, 0.29) is 17.0 Å². The molecule has 2 fully saturated rings. The van der Waals surface area contributed by atoms with Crippen molar-refractivity contribution in [3.63, 3.8) is 0 Å². The van der Waals surface area contributed by atoms with Gasteiger partial charge in [-0.05, 0) is 31.0 Å². The van der Waals surface area contributed by atoms with Crippen molar-refractivity contribution < 1.29 is 17.5 Å². The first kappa shape index (κ1) is 17.8. The van der Waals surface area contributed by atoms with Crippen molar-refractivity contribution in [3.8, 4) is 0 Å². The van der Waals surface area contributed by atoms with Crippen molar-refractivity contribution in [2.24, 2.45) is 0 Å². The lowest BCUT2D eigenvalue weighted by molar-refractivity contribution is 0.127. The van der Waals surface area contributed by atoms with E-state index in [0.29, 0.717) is 39.4 Å². The number of halogens is 1. The van der Waals surface area contributed by atoms with Gasteiger partial charge in [-0.2, -0.15) is 4.31 Å². The van der Waals surface area contributed by atoms with Gasteiger partial charge in [0.25, 0.3) is 0 Å². The molecule has 0 N–H and O–H groups in total. The average Bonchev–Trinajstić information content (AvgIpc) is 3.05. The number of benzene rings is 1. The number of ether oxygens (including phenoxy) is 1. The molecule has 0 amide bonds. The Morgan fingerprint density at radius 1 is 1.25 bits per heavy atom. The zero-order valence-electron chi connectivity index (χ0n) is 14.1. The third kappa shape index (κ3) is 3.64. The summed E-state index contributed by atoms with van der Waals surface area (Å²) < 4.78 is 44.8. The van der Waals surface area contributed by atoms with Gasteiger partial charge in [-0.15, -0.1) is 0 Å². The number of piperazine rings is 1. The Morgan fingerprint density at radius 2 is 2.00 bits per heavy atom.